The number of rotatable bonds is 3. The predicted molar refractivity (Wildman–Crippen MR) is 90.3 cm³/mol. The zero-order chi connectivity index (χ0) is 16.7. The first kappa shape index (κ1) is 14.7. The third-order valence-electron chi connectivity index (χ3n) is 4.72. The Balaban J connectivity index is 1.79. The fourth-order valence-corrected chi connectivity index (χ4v) is 3.53. The number of H-pyrrole nitrogens is 1. The molecule has 0 spiro atoms. The zero-order valence-electron chi connectivity index (χ0n) is 13.3. The van der Waals surface area contributed by atoms with E-state index in [1.807, 2.05) is 24.3 Å². The molecule has 6 nitrogen and oxygen atoms in total. The third kappa shape index (κ3) is 2.32. The van der Waals surface area contributed by atoms with E-state index in [0.717, 1.165) is 29.8 Å². The normalized spacial score (nSPS) is 16.8. The number of fused-ring (bicyclic) bond motifs is 3. The molecule has 0 saturated carbocycles. The fourth-order valence-electron chi connectivity index (χ4n) is 3.53. The summed E-state index contributed by atoms with van der Waals surface area (Å²) in [5, 5.41) is 14.3. The number of aromatic amines is 1. The van der Waals surface area contributed by atoms with Crippen molar-refractivity contribution in [1.82, 2.24) is 4.98 Å². The third-order valence-corrected chi connectivity index (χ3v) is 4.72. The van der Waals surface area contributed by atoms with Crippen LogP contribution in [0.15, 0.2) is 42.5 Å². The van der Waals surface area contributed by atoms with Gasteiger partial charge < -0.3 is 15.0 Å². The summed E-state index contributed by atoms with van der Waals surface area (Å²) in [6.07, 6.45) is 0.992. The summed E-state index contributed by atoms with van der Waals surface area (Å²) in [5.41, 5.74) is 4.78. The molecule has 3 aromatic rings. The number of ether oxygens (including phenoxy) is 1. The van der Waals surface area contributed by atoms with Crippen molar-refractivity contribution < 1.29 is 15.0 Å². The van der Waals surface area contributed by atoms with Crippen LogP contribution in [0, 0.1) is 10.1 Å². The highest BCUT2D eigenvalue weighted by Crippen LogP contribution is 2.33. The first-order chi connectivity index (χ1) is 11.7. The number of nitrogens with two attached hydrogens (primary N) is 1. The second-order valence-electron chi connectivity index (χ2n) is 6.03. The first-order valence-corrected chi connectivity index (χ1v) is 7.93. The maximum atomic E-state index is 10.8. The molecule has 1 aliphatic rings. The molecule has 24 heavy (non-hydrogen) atoms. The van der Waals surface area contributed by atoms with Gasteiger partial charge in [-0.2, -0.15) is 0 Å². The number of aromatic nitrogens is 1. The van der Waals surface area contributed by atoms with Gasteiger partial charge in [-0.1, -0.05) is 0 Å². The van der Waals surface area contributed by atoms with Crippen LogP contribution in [0.4, 0.5) is 5.69 Å². The van der Waals surface area contributed by atoms with Gasteiger partial charge >= 0.3 is 0 Å². The Bertz CT molecular complexity index is 915. The Morgan fingerprint density at radius 2 is 2.04 bits per heavy atom. The van der Waals surface area contributed by atoms with Crippen molar-refractivity contribution in [3.8, 4) is 5.75 Å². The van der Waals surface area contributed by atoms with Gasteiger partial charge in [0.05, 0.1) is 24.3 Å². The molecule has 0 bridgehead atoms. The van der Waals surface area contributed by atoms with Crippen LogP contribution in [0.2, 0.25) is 0 Å². The molecule has 0 fully saturated rings. The minimum Gasteiger partial charge on any atom is -0.497 e. The molecule has 0 unspecified atom stereocenters. The van der Waals surface area contributed by atoms with Crippen LogP contribution in [0.1, 0.15) is 22.9 Å². The summed E-state index contributed by atoms with van der Waals surface area (Å²) >= 11 is 0. The lowest BCUT2D eigenvalue weighted by Gasteiger charge is -2.21. The fraction of sp³-hybridized carbons (Fsp3) is 0.222. The van der Waals surface area contributed by atoms with Gasteiger partial charge in [-0.05, 0) is 35.9 Å². The number of nitro groups is 1. The smallest absolute Gasteiger partial charge is 0.269 e. The molecule has 4 rings (SSSR count). The van der Waals surface area contributed by atoms with E-state index in [9.17, 15) is 10.1 Å². The molecule has 1 aromatic heterocycles. The molecule has 0 saturated heterocycles. The summed E-state index contributed by atoms with van der Waals surface area (Å²) in [7, 11) is 1.67. The molecular formula is C18H18N3O3+. The second kappa shape index (κ2) is 5.65. The van der Waals surface area contributed by atoms with Gasteiger partial charge in [0.25, 0.3) is 5.69 Å². The van der Waals surface area contributed by atoms with Gasteiger partial charge in [0, 0.05) is 35.0 Å². The number of methoxy groups -OCH3 is 1. The Kier molecular flexibility index (Phi) is 3.46. The zero-order valence-corrected chi connectivity index (χ0v) is 13.3. The van der Waals surface area contributed by atoms with E-state index in [2.05, 4.69) is 16.4 Å². The molecule has 1 aliphatic heterocycles. The van der Waals surface area contributed by atoms with E-state index < -0.39 is 0 Å². The van der Waals surface area contributed by atoms with Gasteiger partial charge in [0.2, 0.25) is 0 Å². The van der Waals surface area contributed by atoms with E-state index in [1.165, 1.54) is 16.6 Å². The Morgan fingerprint density at radius 1 is 1.25 bits per heavy atom. The van der Waals surface area contributed by atoms with Crippen LogP contribution in [-0.2, 0) is 6.42 Å². The van der Waals surface area contributed by atoms with Gasteiger partial charge in [-0.3, -0.25) is 10.1 Å². The van der Waals surface area contributed by atoms with Crippen molar-refractivity contribution in [2.24, 2.45) is 0 Å². The summed E-state index contributed by atoms with van der Waals surface area (Å²) in [4.78, 5) is 14.0. The average Bonchev–Trinajstić information content (AvgIpc) is 2.99. The van der Waals surface area contributed by atoms with Gasteiger partial charge in [0.15, 0.2) is 6.04 Å². The highest BCUT2D eigenvalue weighted by Gasteiger charge is 2.29. The summed E-state index contributed by atoms with van der Waals surface area (Å²) in [6, 6.07) is 13.0. The highest BCUT2D eigenvalue weighted by molar-refractivity contribution is 5.86. The lowest BCUT2D eigenvalue weighted by Crippen LogP contribution is -2.87. The maximum absolute atomic E-state index is 10.8. The van der Waals surface area contributed by atoms with E-state index in [4.69, 9.17) is 4.74 Å². The number of hydrogen-bond donors (Lipinski definition) is 2. The predicted octanol–water partition coefficient (Wildman–Crippen LogP) is 2.29. The van der Waals surface area contributed by atoms with Crippen LogP contribution in [0.5, 0.6) is 5.75 Å². The molecule has 0 aliphatic carbocycles. The lowest BCUT2D eigenvalue weighted by atomic mass is 9.94. The number of nitrogens with zero attached hydrogens (tertiary/aromatic N) is 1. The average molecular weight is 324 g/mol. The van der Waals surface area contributed by atoms with Crippen LogP contribution in [-0.4, -0.2) is 23.6 Å². The van der Waals surface area contributed by atoms with Crippen molar-refractivity contribution >= 4 is 16.6 Å². The molecule has 6 heteroatoms. The minimum atomic E-state index is -0.366. The summed E-state index contributed by atoms with van der Waals surface area (Å²) in [6.45, 7) is 0.985. The minimum absolute atomic E-state index is 0.121. The number of hydrogen-bond acceptors (Lipinski definition) is 3. The van der Waals surface area contributed by atoms with Crippen LogP contribution in [0.25, 0.3) is 10.9 Å². The van der Waals surface area contributed by atoms with Crippen molar-refractivity contribution in [3.05, 3.63) is 69.4 Å². The molecular weight excluding hydrogens is 306 g/mol. The maximum Gasteiger partial charge on any atom is 0.269 e. The van der Waals surface area contributed by atoms with E-state index >= 15 is 0 Å². The van der Waals surface area contributed by atoms with Crippen LogP contribution >= 0.6 is 0 Å². The Hall–Kier alpha value is -2.86. The second-order valence-corrected chi connectivity index (χ2v) is 6.03. The first-order valence-electron chi connectivity index (χ1n) is 7.93. The lowest BCUT2D eigenvalue weighted by molar-refractivity contribution is -0.690. The molecule has 122 valence electrons. The quantitative estimate of drug-likeness (QED) is 0.572. The Morgan fingerprint density at radius 3 is 2.75 bits per heavy atom. The molecule has 2 heterocycles. The molecule has 1 atom stereocenters. The summed E-state index contributed by atoms with van der Waals surface area (Å²) < 4.78 is 5.34. The van der Waals surface area contributed by atoms with Crippen molar-refractivity contribution in [2.75, 3.05) is 13.7 Å². The molecule has 3 N–H and O–H groups in total. The number of quaternary nitrogens is 1. The van der Waals surface area contributed by atoms with Crippen molar-refractivity contribution in [2.45, 2.75) is 12.5 Å². The number of nitro benzene ring substituents is 1. The van der Waals surface area contributed by atoms with Crippen LogP contribution < -0.4 is 10.1 Å². The van der Waals surface area contributed by atoms with Gasteiger partial charge in [0.1, 0.15) is 5.75 Å². The topological polar surface area (TPSA) is 84.8 Å². The monoisotopic (exact) mass is 324 g/mol. The van der Waals surface area contributed by atoms with E-state index in [1.54, 1.807) is 19.2 Å². The molecule has 0 radical (unpaired) electrons. The molecule has 2 aromatic carbocycles. The van der Waals surface area contributed by atoms with Gasteiger partial charge in [-0.15, -0.1) is 0 Å². The summed E-state index contributed by atoms with van der Waals surface area (Å²) in [5.74, 6) is 0.853. The largest absolute Gasteiger partial charge is 0.497 e. The molecule has 0 amide bonds. The van der Waals surface area contributed by atoms with Crippen molar-refractivity contribution in [1.29, 1.82) is 0 Å². The number of benzene rings is 2. The number of non-ortho nitro benzene ring substituents is 1. The van der Waals surface area contributed by atoms with E-state index in [0.29, 0.717) is 0 Å². The van der Waals surface area contributed by atoms with E-state index in [-0.39, 0.29) is 16.7 Å². The Labute approximate surface area is 138 Å². The van der Waals surface area contributed by atoms with Gasteiger partial charge in [-0.25, -0.2) is 0 Å². The number of nitrogens with one attached hydrogen (secondary N) is 1. The highest BCUT2D eigenvalue weighted by atomic mass is 16.6. The standard InChI is InChI=1S/C18H17N3O3/c1-24-13-6-7-16-15(10-13)14-8-9-19-17(18(14)20-16)11-2-4-12(5-3-11)21(22)23/h2-7,10,17,19-20H,8-9H2,1H3/p+1/t17-/m0/s1. The SMILES string of the molecule is COc1ccc2[nH]c3c(c2c1)CC[NH2+][C@H]3c1ccc([N+](=O)[O-])cc1. The van der Waals surface area contributed by atoms with Crippen molar-refractivity contribution in [3.63, 3.8) is 0 Å². The van der Waals surface area contributed by atoms with Crippen LogP contribution in [0.3, 0.4) is 0 Å².